The maximum absolute atomic E-state index is 5.39. The van der Waals surface area contributed by atoms with E-state index < -0.39 is 0 Å². The average Bonchev–Trinajstić information content (AvgIpc) is 2.65. The van der Waals surface area contributed by atoms with Crippen LogP contribution in [-0.2, 0) is 4.74 Å². The summed E-state index contributed by atoms with van der Waals surface area (Å²) < 4.78 is 5.39. The van der Waals surface area contributed by atoms with Crippen molar-refractivity contribution in [2.45, 2.75) is 12.5 Å². The minimum absolute atomic E-state index is 0.774. The van der Waals surface area contributed by atoms with Crippen molar-refractivity contribution in [2.24, 2.45) is 0 Å². The first kappa shape index (κ1) is 11.7. The molecule has 13 heavy (non-hydrogen) atoms. The lowest BCUT2D eigenvalue weighted by atomic mass is 10.2. The molecule has 0 N–H and O–H groups in total. The van der Waals surface area contributed by atoms with E-state index in [1.807, 2.05) is 0 Å². The summed E-state index contributed by atoms with van der Waals surface area (Å²) in [7, 11) is 2.20. The van der Waals surface area contributed by atoms with Crippen molar-refractivity contribution in [1.29, 1.82) is 0 Å². The monoisotopic (exact) mass is 221 g/mol. The molecule has 1 fully saturated rings. The number of nitrogens with zero attached hydrogens (tertiary/aromatic N) is 1. The summed E-state index contributed by atoms with van der Waals surface area (Å²) >= 11 is 6.15. The molecular weight excluding hydrogens is 202 g/mol. The highest BCUT2D eigenvalue weighted by atomic mass is 32.2. The van der Waals surface area contributed by atoms with Crippen LogP contribution in [0.15, 0.2) is 0 Å². The van der Waals surface area contributed by atoms with Crippen LogP contribution in [0.3, 0.4) is 0 Å². The van der Waals surface area contributed by atoms with E-state index in [1.54, 1.807) is 0 Å². The minimum atomic E-state index is 0.774. The number of rotatable bonds is 6. The molecule has 0 saturated carbocycles. The zero-order chi connectivity index (χ0) is 9.52. The van der Waals surface area contributed by atoms with Gasteiger partial charge in [-0.1, -0.05) is 0 Å². The third kappa shape index (κ3) is 4.58. The summed E-state index contributed by atoms with van der Waals surface area (Å²) in [4.78, 5) is 2.42. The van der Waals surface area contributed by atoms with E-state index in [4.69, 9.17) is 4.74 Å². The largest absolute Gasteiger partial charge is 0.379 e. The molecule has 0 spiro atoms. The molecule has 2 nitrogen and oxygen atoms in total. The van der Waals surface area contributed by atoms with Gasteiger partial charge in [0.1, 0.15) is 0 Å². The van der Waals surface area contributed by atoms with Gasteiger partial charge in [0.2, 0.25) is 0 Å². The summed E-state index contributed by atoms with van der Waals surface area (Å²) in [5.41, 5.74) is 0. The summed E-state index contributed by atoms with van der Waals surface area (Å²) in [5, 5.41) is 0. The SMILES string of the molecule is CN(CCOCCS)C1CCSC1. The summed E-state index contributed by atoms with van der Waals surface area (Å²) in [6.45, 7) is 2.67. The lowest BCUT2D eigenvalue weighted by Crippen LogP contribution is -2.34. The molecule has 0 aromatic rings. The number of likely N-dealkylation sites (N-methyl/N-ethyl adjacent to an activating group) is 1. The Morgan fingerprint density at radius 1 is 1.54 bits per heavy atom. The molecular formula is C9H19NOS2. The predicted molar refractivity (Wildman–Crippen MR) is 63.0 cm³/mol. The molecule has 78 valence electrons. The van der Waals surface area contributed by atoms with E-state index in [-0.39, 0.29) is 0 Å². The summed E-state index contributed by atoms with van der Waals surface area (Å²) in [6, 6.07) is 0.782. The third-order valence-electron chi connectivity index (χ3n) is 2.35. The van der Waals surface area contributed by atoms with Crippen LogP contribution in [-0.4, -0.2) is 55.0 Å². The van der Waals surface area contributed by atoms with Gasteiger partial charge in [-0.3, -0.25) is 0 Å². The van der Waals surface area contributed by atoms with Crippen LogP contribution in [0.1, 0.15) is 6.42 Å². The summed E-state index contributed by atoms with van der Waals surface area (Å²) in [5.74, 6) is 3.44. The third-order valence-corrected chi connectivity index (χ3v) is 3.68. The maximum Gasteiger partial charge on any atom is 0.0593 e. The van der Waals surface area contributed by atoms with Crippen molar-refractivity contribution in [3.8, 4) is 0 Å². The Balaban J connectivity index is 1.99. The molecule has 0 aromatic heterocycles. The van der Waals surface area contributed by atoms with Gasteiger partial charge in [0, 0.05) is 24.1 Å². The quantitative estimate of drug-likeness (QED) is 0.538. The normalized spacial score (nSPS) is 22.8. The van der Waals surface area contributed by atoms with Crippen LogP contribution in [0, 0.1) is 0 Å². The Morgan fingerprint density at radius 3 is 3.00 bits per heavy atom. The number of thioether (sulfide) groups is 1. The molecule has 1 heterocycles. The molecule has 1 aliphatic heterocycles. The zero-order valence-corrected chi connectivity index (χ0v) is 9.95. The van der Waals surface area contributed by atoms with Gasteiger partial charge < -0.3 is 9.64 Å². The van der Waals surface area contributed by atoms with Crippen molar-refractivity contribution in [3.05, 3.63) is 0 Å². The first-order valence-corrected chi connectivity index (χ1v) is 6.60. The second-order valence-corrected chi connectivity index (χ2v) is 4.93. The van der Waals surface area contributed by atoms with Crippen LogP contribution >= 0.6 is 24.4 Å². The van der Waals surface area contributed by atoms with Crippen molar-refractivity contribution >= 4 is 24.4 Å². The van der Waals surface area contributed by atoms with Crippen LogP contribution in [0.4, 0.5) is 0 Å². The molecule has 1 atom stereocenters. The predicted octanol–water partition coefficient (Wildman–Crippen LogP) is 1.37. The van der Waals surface area contributed by atoms with Crippen LogP contribution in [0.5, 0.6) is 0 Å². The fraction of sp³-hybridized carbons (Fsp3) is 1.00. The van der Waals surface area contributed by atoms with Gasteiger partial charge >= 0.3 is 0 Å². The number of ether oxygens (including phenoxy) is 1. The number of hydrogen-bond donors (Lipinski definition) is 1. The first-order chi connectivity index (χ1) is 6.34. The minimum Gasteiger partial charge on any atom is -0.379 e. The van der Waals surface area contributed by atoms with Gasteiger partial charge in [-0.25, -0.2) is 0 Å². The molecule has 0 radical (unpaired) electrons. The second-order valence-electron chi connectivity index (χ2n) is 3.33. The molecule has 0 aromatic carbocycles. The van der Waals surface area contributed by atoms with E-state index in [1.165, 1.54) is 17.9 Å². The highest BCUT2D eigenvalue weighted by Gasteiger charge is 2.19. The van der Waals surface area contributed by atoms with Gasteiger partial charge in [-0.15, -0.1) is 0 Å². The molecule has 0 amide bonds. The van der Waals surface area contributed by atoms with Gasteiger partial charge in [-0.2, -0.15) is 24.4 Å². The Morgan fingerprint density at radius 2 is 2.38 bits per heavy atom. The topological polar surface area (TPSA) is 12.5 Å². The Labute approximate surface area is 90.8 Å². The first-order valence-electron chi connectivity index (χ1n) is 4.81. The molecule has 0 aliphatic carbocycles. The standard InChI is InChI=1S/C9H19NOS2/c1-10(3-4-11-5-6-12)9-2-7-13-8-9/h9,12H,2-8H2,1H3. The van der Waals surface area contributed by atoms with Crippen LogP contribution in [0.2, 0.25) is 0 Å². The fourth-order valence-electron chi connectivity index (χ4n) is 1.43. The van der Waals surface area contributed by atoms with Gasteiger partial charge in [0.05, 0.1) is 13.2 Å². The van der Waals surface area contributed by atoms with E-state index in [0.29, 0.717) is 0 Å². The van der Waals surface area contributed by atoms with E-state index in [0.717, 1.165) is 31.6 Å². The van der Waals surface area contributed by atoms with Crippen molar-refractivity contribution in [1.82, 2.24) is 4.90 Å². The Hall–Kier alpha value is 0.620. The zero-order valence-electron chi connectivity index (χ0n) is 8.24. The lowest BCUT2D eigenvalue weighted by Gasteiger charge is -2.22. The highest BCUT2D eigenvalue weighted by Crippen LogP contribution is 2.20. The number of thiol groups is 1. The van der Waals surface area contributed by atoms with Crippen LogP contribution < -0.4 is 0 Å². The van der Waals surface area contributed by atoms with E-state index in [9.17, 15) is 0 Å². The molecule has 1 rings (SSSR count). The van der Waals surface area contributed by atoms with Gasteiger partial charge in [-0.05, 0) is 19.2 Å². The molecule has 1 aliphatic rings. The molecule has 0 bridgehead atoms. The van der Waals surface area contributed by atoms with Crippen LogP contribution in [0.25, 0.3) is 0 Å². The maximum atomic E-state index is 5.39. The van der Waals surface area contributed by atoms with E-state index >= 15 is 0 Å². The average molecular weight is 221 g/mol. The second kappa shape index (κ2) is 6.98. The highest BCUT2D eigenvalue weighted by molar-refractivity contribution is 7.99. The molecule has 4 heteroatoms. The van der Waals surface area contributed by atoms with Gasteiger partial charge in [0.25, 0.3) is 0 Å². The van der Waals surface area contributed by atoms with E-state index in [2.05, 4.69) is 36.3 Å². The Kier molecular flexibility index (Phi) is 6.28. The molecule has 1 saturated heterocycles. The summed E-state index contributed by atoms with van der Waals surface area (Å²) in [6.07, 6.45) is 1.34. The molecule has 1 unspecified atom stereocenters. The van der Waals surface area contributed by atoms with Crippen molar-refractivity contribution in [2.75, 3.05) is 44.1 Å². The lowest BCUT2D eigenvalue weighted by molar-refractivity contribution is 0.113. The van der Waals surface area contributed by atoms with Crippen molar-refractivity contribution < 1.29 is 4.74 Å². The Bertz CT molecular complexity index is 129. The smallest absolute Gasteiger partial charge is 0.0593 e. The number of hydrogen-bond acceptors (Lipinski definition) is 4. The van der Waals surface area contributed by atoms with Crippen molar-refractivity contribution in [3.63, 3.8) is 0 Å². The fourth-order valence-corrected chi connectivity index (χ4v) is 2.86. The van der Waals surface area contributed by atoms with Gasteiger partial charge in [0.15, 0.2) is 0 Å².